The number of aromatic amines is 1. The molecule has 4 aromatic rings. The minimum absolute atomic E-state index is 0.149. The highest BCUT2D eigenvalue weighted by Gasteiger charge is 2.15. The lowest BCUT2D eigenvalue weighted by atomic mass is 10.2. The molecule has 4 rings (SSSR count). The first-order chi connectivity index (χ1) is 13.1. The largest absolute Gasteiger partial charge is 0.494 e. The van der Waals surface area contributed by atoms with Crippen molar-refractivity contribution in [2.24, 2.45) is 0 Å². The summed E-state index contributed by atoms with van der Waals surface area (Å²) in [4.78, 5) is 21.4. The molecule has 0 aliphatic rings. The lowest BCUT2D eigenvalue weighted by Gasteiger charge is -2.03. The van der Waals surface area contributed by atoms with Crippen molar-refractivity contribution in [3.8, 4) is 16.2 Å². The molecule has 0 spiro atoms. The fourth-order valence-electron chi connectivity index (χ4n) is 2.66. The number of H-pyrrole nitrogens is 1. The molecule has 0 saturated heterocycles. The van der Waals surface area contributed by atoms with Crippen LogP contribution in [-0.2, 0) is 0 Å². The number of hydrogen-bond donors (Lipinski definition) is 1. The van der Waals surface area contributed by atoms with Crippen LogP contribution in [0.5, 0.6) is 5.75 Å². The van der Waals surface area contributed by atoms with E-state index in [0.29, 0.717) is 15.8 Å². The van der Waals surface area contributed by atoms with E-state index < -0.39 is 5.82 Å². The molecule has 0 atom stereocenters. The van der Waals surface area contributed by atoms with Gasteiger partial charge in [-0.3, -0.25) is 4.79 Å². The number of aromatic nitrogens is 2. The molecule has 136 valence electrons. The van der Waals surface area contributed by atoms with Gasteiger partial charge < -0.3 is 9.72 Å². The Kier molecular flexibility index (Phi) is 4.82. The molecule has 0 aliphatic heterocycles. The van der Waals surface area contributed by atoms with Crippen molar-refractivity contribution in [1.29, 1.82) is 0 Å². The summed E-state index contributed by atoms with van der Waals surface area (Å²) in [5, 5.41) is 4.64. The molecule has 0 unspecified atom stereocenters. The molecule has 3 heterocycles. The van der Waals surface area contributed by atoms with Crippen molar-refractivity contribution < 1.29 is 9.13 Å². The zero-order valence-corrected chi connectivity index (χ0v) is 16.3. The van der Waals surface area contributed by atoms with Gasteiger partial charge in [-0.2, -0.15) is 0 Å². The maximum Gasteiger partial charge on any atom is 0.260 e. The zero-order valence-electron chi connectivity index (χ0n) is 14.0. The lowest BCUT2D eigenvalue weighted by Crippen LogP contribution is -2.10. The molecule has 0 fully saturated rings. The summed E-state index contributed by atoms with van der Waals surface area (Å²) in [6.45, 7) is 0. The summed E-state index contributed by atoms with van der Waals surface area (Å²) < 4.78 is 18.7. The highest BCUT2D eigenvalue weighted by molar-refractivity contribution is 7.18. The number of thiophene rings is 2. The number of ether oxygens (including phenoxy) is 1. The predicted molar refractivity (Wildman–Crippen MR) is 110 cm³/mol. The molecule has 0 amide bonds. The van der Waals surface area contributed by atoms with E-state index >= 15 is 0 Å². The summed E-state index contributed by atoms with van der Waals surface area (Å²) in [5.74, 6) is -0.104. The second-order valence-corrected chi connectivity index (χ2v) is 7.82. The van der Waals surface area contributed by atoms with E-state index in [-0.39, 0.29) is 22.2 Å². The van der Waals surface area contributed by atoms with Gasteiger partial charge >= 0.3 is 0 Å². The molecule has 27 heavy (non-hydrogen) atoms. The number of fused-ring (bicyclic) bond motifs is 1. The second kappa shape index (κ2) is 7.26. The van der Waals surface area contributed by atoms with Gasteiger partial charge in [-0.05, 0) is 35.2 Å². The number of rotatable bonds is 4. The number of benzene rings is 1. The first-order valence-electron chi connectivity index (χ1n) is 7.83. The van der Waals surface area contributed by atoms with Crippen LogP contribution < -0.4 is 10.3 Å². The SMILES string of the molecule is COc1ccc(/C=C(\Cl)c2nc3scc(-c4cccs4)c3c(=O)[nH]2)cc1F. The molecule has 3 aromatic heterocycles. The third kappa shape index (κ3) is 3.41. The molecule has 0 saturated carbocycles. The third-order valence-electron chi connectivity index (χ3n) is 3.93. The molecule has 1 aromatic carbocycles. The fourth-order valence-corrected chi connectivity index (χ4v) is 4.64. The Morgan fingerprint density at radius 1 is 1.33 bits per heavy atom. The fraction of sp³-hybridized carbons (Fsp3) is 0.0526. The molecule has 1 N–H and O–H groups in total. The molecular weight excluding hydrogens is 407 g/mol. The maximum absolute atomic E-state index is 13.8. The summed E-state index contributed by atoms with van der Waals surface area (Å²) in [6.07, 6.45) is 1.54. The first kappa shape index (κ1) is 17.9. The first-order valence-corrected chi connectivity index (χ1v) is 9.97. The van der Waals surface area contributed by atoms with E-state index in [1.54, 1.807) is 23.5 Å². The van der Waals surface area contributed by atoms with Crippen molar-refractivity contribution in [3.05, 3.63) is 68.7 Å². The Labute approximate surface area is 166 Å². The number of hydrogen-bond acceptors (Lipinski definition) is 5. The highest BCUT2D eigenvalue weighted by atomic mass is 35.5. The maximum atomic E-state index is 13.8. The van der Waals surface area contributed by atoms with Gasteiger partial charge in [0.1, 0.15) is 4.83 Å². The van der Waals surface area contributed by atoms with Crippen LogP contribution >= 0.6 is 34.3 Å². The molecule has 0 aliphatic carbocycles. The van der Waals surface area contributed by atoms with Gasteiger partial charge in [0.25, 0.3) is 5.56 Å². The smallest absolute Gasteiger partial charge is 0.260 e. The van der Waals surface area contributed by atoms with Crippen LogP contribution in [0.1, 0.15) is 11.4 Å². The topological polar surface area (TPSA) is 55.0 Å². The lowest BCUT2D eigenvalue weighted by molar-refractivity contribution is 0.386. The van der Waals surface area contributed by atoms with Crippen molar-refractivity contribution in [2.45, 2.75) is 0 Å². The van der Waals surface area contributed by atoms with Gasteiger partial charge in [0.05, 0.1) is 17.5 Å². The van der Waals surface area contributed by atoms with E-state index in [9.17, 15) is 9.18 Å². The average molecular weight is 419 g/mol. The minimum atomic E-state index is -0.494. The van der Waals surface area contributed by atoms with E-state index in [2.05, 4.69) is 9.97 Å². The monoisotopic (exact) mass is 418 g/mol. The number of nitrogens with zero attached hydrogens (tertiary/aromatic N) is 1. The van der Waals surface area contributed by atoms with Crippen LogP contribution in [0.3, 0.4) is 0 Å². The van der Waals surface area contributed by atoms with Crippen LogP contribution in [0.4, 0.5) is 4.39 Å². The third-order valence-corrected chi connectivity index (χ3v) is 5.99. The van der Waals surface area contributed by atoms with Gasteiger partial charge in [-0.25, -0.2) is 9.37 Å². The Bertz CT molecular complexity index is 1210. The van der Waals surface area contributed by atoms with E-state index in [1.807, 2.05) is 22.9 Å². The van der Waals surface area contributed by atoms with E-state index in [0.717, 1.165) is 10.4 Å². The van der Waals surface area contributed by atoms with Crippen LogP contribution in [0.2, 0.25) is 0 Å². The van der Waals surface area contributed by atoms with Crippen LogP contribution in [0, 0.1) is 5.82 Å². The Hall–Kier alpha value is -2.48. The van der Waals surface area contributed by atoms with E-state index in [1.165, 1.54) is 30.6 Å². The van der Waals surface area contributed by atoms with Gasteiger partial charge in [-0.1, -0.05) is 23.7 Å². The molecule has 0 radical (unpaired) electrons. The van der Waals surface area contributed by atoms with Crippen molar-refractivity contribution >= 4 is 55.6 Å². The molecule has 0 bridgehead atoms. The quantitative estimate of drug-likeness (QED) is 0.469. The Morgan fingerprint density at radius 3 is 2.89 bits per heavy atom. The van der Waals surface area contributed by atoms with Crippen molar-refractivity contribution in [1.82, 2.24) is 9.97 Å². The normalized spacial score (nSPS) is 11.9. The van der Waals surface area contributed by atoms with Crippen molar-refractivity contribution in [3.63, 3.8) is 0 Å². The number of methoxy groups -OCH3 is 1. The van der Waals surface area contributed by atoms with Gasteiger partial charge in [0, 0.05) is 15.8 Å². The summed E-state index contributed by atoms with van der Waals surface area (Å²) in [7, 11) is 1.40. The second-order valence-electron chi connectivity index (χ2n) is 5.61. The van der Waals surface area contributed by atoms with Crippen LogP contribution in [-0.4, -0.2) is 17.1 Å². The van der Waals surface area contributed by atoms with Gasteiger partial charge in [0.15, 0.2) is 17.4 Å². The Balaban J connectivity index is 1.76. The van der Waals surface area contributed by atoms with Crippen LogP contribution in [0.15, 0.2) is 45.9 Å². The van der Waals surface area contributed by atoms with Crippen molar-refractivity contribution in [2.75, 3.05) is 7.11 Å². The summed E-state index contributed by atoms with van der Waals surface area (Å²) >= 11 is 9.28. The van der Waals surface area contributed by atoms with Gasteiger partial charge in [-0.15, -0.1) is 22.7 Å². The molecule has 4 nitrogen and oxygen atoms in total. The molecule has 8 heteroatoms. The highest BCUT2D eigenvalue weighted by Crippen LogP contribution is 2.34. The zero-order chi connectivity index (χ0) is 19.0. The number of halogens is 2. The summed E-state index contributed by atoms with van der Waals surface area (Å²) in [5.41, 5.74) is 1.14. The molecular formula is C19H12ClFN2O2S2. The van der Waals surface area contributed by atoms with Crippen LogP contribution in [0.25, 0.3) is 31.8 Å². The standard InChI is InChI=1S/C19H12ClFN2O2S2/c1-25-14-5-4-10(8-13(14)21)7-12(20)17-22-18(24)16-11(9-27-19(16)23-17)15-3-2-6-26-15/h2-9H,1H3,(H,22,23,24)/b12-7-. The minimum Gasteiger partial charge on any atom is -0.494 e. The van der Waals surface area contributed by atoms with E-state index in [4.69, 9.17) is 16.3 Å². The summed E-state index contributed by atoms with van der Waals surface area (Å²) in [6, 6.07) is 8.38. The predicted octanol–water partition coefficient (Wildman–Crippen LogP) is 5.60. The Morgan fingerprint density at radius 2 is 2.19 bits per heavy atom. The van der Waals surface area contributed by atoms with Gasteiger partial charge in [0.2, 0.25) is 0 Å². The number of nitrogens with one attached hydrogen (secondary N) is 1. The average Bonchev–Trinajstić information content (AvgIpc) is 3.31.